The van der Waals surface area contributed by atoms with Crippen LogP contribution in [0.25, 0.3) is 0 Å². The topological polar surface area (TPSA) is 203 Å². The van der Waals surface area contributed by atoms with Crippen LogP contribution in [0.3, 0.4) is 0 Å². The molecule has 6 N–H and O–H groups in total. The summed E-state index contributed by atoms with van der Waals surface area (Å²) in [5.41, 5.74) is 0. The van der Waals surface area contributed by atoms with Crippen LogP contribution in [0.15, 0.2) is 0 Å². The summed E-state index contributed by atoms with van der Waals surface area (Å²) in [5, 5.41) is 30.0. The summed E-state index contributed by atoms with van der Waals surface area (Å²) in [6.45, 7) is 5.47. The lowest BCUT2D eigenvalue weighted by molar-refractivity contribution is -0.157. The predicted octanol–water partition coefficient (Wildman–Crippen LogP) is 2.09. The van der Waals surface area contributed by atoms with Crippen molar-refractivity contribution in [2.45, 2.75) is 154 Å². The minimum absolute atomic E-state index is 0.00590. The number of amides is 5. The minimum atomic E-state index is -1.50. The van der Waals surface area contributed by atoms with E-state index in [9.17, 15) is 39.0 Å². The van der Waals surface area contributed by atoms with E-state index in [4.69, 9.17) is 4.74 Å². The first kappa shape index (κ1) is 43.9. The summed E-state index contributed by atoms with van der Waals surface area (Å²) < 4.78 is 5.79. The maximum absolute atomic E-state index is 14.1. The largest absolute Gasteiger partial charge is 0.460 e. The van der Waals surface area contributed by atoms with Crippen LogP contribution >= 0.6 is 0 Å². The van der Waals surface area contributed by atoms with Gasteiger partial charge in [-0.05, 0) is 43.9 Å². The molecule has 0 aromatic carbocycles. The molecule has 1 aliphatic heterocycles. The van der Waals surface area contributed by atoms with Crippen LogP contribution in [0, 0.1) is 17.8 Å². The summed E-state index contributed by atoms with van der Waals surface area (Å²) in [5.74, 6) is -5.28. The number of carbonyl (C=O) groups excluding carboxylic acids is 6. The lowest BCUT2D eigenvalue weighted by atomic mass is 9.83. The van der Waals surface area contributed by atoms with Gasteiger partial charge in [0.15, 0.2) is 0 Å². The number of ether oxygens (including phenoxy) is 1. The highest BCUT2D eigenvalue weighted by Gasteiger charge is 2.39. The Bertz CT molecular complexity index is 1130. The number of carbonyl (C=O) groups is 6. The standard InChI is InChI=1S/C37H65N5O9/c1-6-7-8-9-10-11-12-16-19-30-25(4)37(50)42(5)29(20-24(2)3)35(48)41-32(26-17-14-13-15-18-26)36(49)40-28(23-44)34(47)39-27(22-43)33(46)38-21-31(45)51-30/h24-30,32,43-44H,6-23H2,1-5H3,(H,38,46)(H,39,47)(H,40,49)(H,41,48)/t25-,27+,28+,29+,30-,32+/m1/s1. The van der Waals surface area contributed by atoms with Crippen LogP contribution in [0.1, 0.15) is 124 Å². The SMILES string of the molecule is CCCCCCCCCC[C@H]1OC(=O)CNC(=O)[C@H](CO)NC(=O)[C@H](CO)NC(=O)[C@H](C2CCCCC2)NC(=O)[C@H](CC(C)C)N(C)C(=O)[C@@H]1C. The van der Waals surface area contributed by atoms with E-state index >= 15 is 0 Å². The van der Waals surface area contributed by atoms with E-state index in [1.807, 2.05) is 13.8 Å². The van der Waals surface area contributed by atoms with Crippen molar-refractivity contribution in [2.24, 2.45) is 17.8 Å². The molecule has 2 aliphatic rings. The van der Waals surface area contributed by atoms with Crippen LogP contribution < -0.4 is 21.3 Å². The number of nitrogens with one attached hydrogen (secondary N) is 4. The zero-order valence-electron chi connectivity index (χ0n) is 31.5. The van der Waals surface area contributed by atoms with Gasteiger partial charge >= 0.3 is 5.97 Å². The number of hydrogen-bond donors (Lipinski definition) is 6. The Balaban J connectivity index is 2.44. The second-order valence-electron chi connectivity index (χ2n) is 14.8. The molecule has 51 heavy (non-hydrogen) atoms. The van der Waals surface area contributed by atoms with Crippen LogP contribution in [0.2, 0.25) is 0 Å². The van der Waals surface area contributed by atoms with Crippen molar-refractivity contribution < 1.29 is 43.7 Å². The van der Waals surface area contributed by atoms with Gasteiger partial charge in [-0.2, -0.15) is 0 Å². The lowest BCUT2D eigenvalue weighted by Crippen LogP contribution is -2.61. The van der Waals surface area contributed by atoms with E-state index in [1.165, 1.54) is 24.2 Å². The molecule has 0 unspecified atom stereocenters. The molecular formula is C37H65N5O9. The van der Waals surface area contributed by atoms with Gasteiger partial charge in [0.1, 0.15) is 36.8 Å². The second-order valence-corrected chi connectivity index (χ2v) is 14.8. The van der Waals surface area contributed by atoms with Gasteiger partial charge in [0.25, 0.3) is 0 Å². The summed E-state index contributed by atoms with van der Waals surface area (Å²) in [7, 11) is 1.54. The van der Waals surface area contributed by atoms with E-state index in [1.54, 1.807) is 14.0 Å². The molecule has 1 saturated heterocycles. The lowest BCUT2D eigenvalue weighted by Gasteiger charge is -2.36. The summed E-state index contributed by atoms with van der Waals surface area (Å²) in [6, 6.07) is -4.99. The predicted molar refractivity (Wildman–Crippen MR) is 192 cm³/mol. The van der Waals surface area contributed by atoms with Gasteiger partial charge in [-0.15, -0.1) is 0 Å². The quantitative estimate of drug-likeness (QED) is 0.115. The highest BCUT2D eigenvalue weighted by Crippen LogP contribution is 2.28. The molecule has 6 atom stereocenters. The Kier molecular flexibility index (Phi) is 20.1. The monoisotopic (exact) mass is 723 g/mol. The maximum atomic E-state index is 14.1. The highest BCUT2D eigenvalue weighted by atomic mass is 16.5. The van der Waals surface area contributed by atoms with Crippen molar-refractivity contribution in [3.63, 3.8) is 0 Å². The maximum Gasteiger partial charge on any atom is 0.325 e. The molecule has 0 spiro atoms. The van der Waals surface area contributed by atoms with Crippen LogP contribution in [-0.4, -0.2) is 108 Å². The molecule has 0 aromatic rings. The fourth-order valence-corrected chi connectivity index (χ4v) is 6.94. The van der Waals surface area contributed by atoms with Crippen LogP contribution in [-0.2, 0) is 33.5 Å². The van der Waals surface area contributed by atoms with Crippen molar-refractivity contribution in [1.29, 1.82) is 0 Å². The molecule has 2 fully saturated rings. The van der Waals surface area contributed by atoms with Crippen molar-refractivity contribution in [1.82, 2.24) is 26.2 Å². The number of nitrogens with zero attached hydrogens (tertiary/aromatic N) is 1. The summed E-state index contributed by atoms with van der Waals surface area (Å²) >= 11 is 0. The molecule has 5 amide bonds. The molecule has 2 rings (SSSR count). The third-order valence-corrected chi connectivity index (χ3v) is 10.1. The number of aliphatic hydroxyl groups excluding tert-OH is 2. The van der Waals surface area contributed by atoms with Gasteiger partial charge in [-0.1, -0.05) is 91.9 Å². The van der Waals surface area contributed by atoms with Gasteiger partial charge in [0.05, 0.1) is 19.1 Å². The average molecular weight is 724 g/mol. The van der Waals surface area contributed by atoms with E-state index in [0.717, 1.165) is 44.9 Å². The first-order valence-electron chi connectivity index (χ1n) is 19.2. The third kappa shape index (κ3) is 14.7. The minimum Gasteiger partial charge on any atom is -0.460 e. The molecule has 1 aliphatic carbocycles. The van der Waals surface area contributed by atoms with Crippen molar-refractivity contribution in [3.05, 3.63) is 0 Å². The number of hydrogen-bond acceptors (Lipinski definition) is 9. The first-order chi connectivity index (χ1) is 24.3. The normalized spacial score (nSPS) is 27.1. The van der Waals surface area contributed by atoms with Gasteiger partial charge < -0.3 is 41.1 Å². The smallest absolute Gasteiger partial charge is 0.325 e. The molecule has 14 nitrogen and oxygen atoms in total. The zero-order valence-corrected chi connectivity index (χ0v) is 31.5. The van der Waals surface area contributed by atoms with Crippen LogP contribution in [0.5, 0.6) is 0 Å². The second kappa shape index (κ2) is 23.3. The Morgan fingerprint density at radius 1 is 0.765 bits per heavy atom. The number of aliphatic hydroxyl groups is 2. The van der Waals surface area contributed by atoms with Crippen molar-refractivity contribution in [2.75, 3.05) is 26.8 Å². The van der Waals surface area contributed by atoms with Gasteiger partial charge in [0.2, 0.25) is 29.5 Å². The fourth-order valence-electron chi connectivity index (χ4n) is 6.94. The average Bonchev–Trinajstić information content (AvgIpc) is 3.12. The summed E-state index contributed by atoms with van der Waals surface area (Å²) in [6.07, 6.45) is 12.3. The van der Waals surface area contributed by atoms with Crippen LogP contribution in [0.4, 0.5) is 0 Å². The Morgan fingerprint density at radius 3 is 1.92 bits per heavy atom. The Morgan fingerprint density at radius 2 is 1.33 bits per heavy atom. The molecule has 1 heterocycles. The molecule has 0 aromatic heterocycles. The Hall–Kier alpha value is -3.26. The number of esters is 1. The fraction of sp³-hybridized carbons (Fsp3) is 0.838. The molecule has 0 bridgehead atoms. The molecule has 292 valence electrons. The number of likely N-dealkylation sites (N-methyl/N-ethyl adjacent to an activating group) is 1. The van der Waals surface area contributed by atoms with Gasteiger partial charge in [-0.3, -0.25) is 28.8 Å². The van der Waals surface area contributed by atoms with E-state index < -0.39 is 91.5 Å². The van der Waals surface area contributed by atoms with Crippen molar-refractivity contribution >= 4 is 35.5 Å². The van der Waals surface area contributed by atoms with Crippen molar-refractivity contribution in [3.8, 4) is 0 Å². The first-order valence-corrected chi connectivity index (χ1v) is 19.2. The Labute approximate surface area is 303 Å². The third-order valence-electron chi connectivity index (χ3n) is 10.1. The van der Waals surface area contributed by atoms with E-state index in [2.05, 4.69) is 28.2 Å². The highest BCUT2D eigenvalue weighted by molar-refractivity contribution is 5.96. The number of cyclic esters (lactones) is 1. The zero-order chi connectivity index (χ0) is 37.9. The molecule has 1 saturated carbocycles. The van der Waals surface area contributed by atoms with E-state index in [-0.39, 0.29) is 11.8 Å². The summed E-state index contributed by atoms with van der Waals surface area (Å²) in [4.78, 5) is 82.3. The molecular weight excluding hydrogens is 658 g/mol. The molecule has 0 radical (unpaired) electrons. The van der Waals surface area contributed by atoms with Gasteiger partial charge in [-0.25, -0.2) is 0 Å². The number of unbranched alkanes of at least 4 members (excludes halogenated alkanes) is 7. The van der Waals surface area contributed by atoms with Gasteiger partial charge in [0, 0.05) is 7.05 Å². The number of rotatable bonds is 14. The molecule has 14 heteroatoms. The van der Waals surface area contributed by atoms with E-state index in [0.29, 0.717) is 32.1 Å².